The van der Waals surface area contributed by atoms with Gasteiger partial charge in [0.15, 0.2) is 0 Å². The van der Waals surface area contributed by atoms with E-state index in [0.29, 0.717) is 0 Å². The average molecular weight is 267 g/mol. The first-order chi connectivity index (χ1) is 8.70. The highest BCUT2D eigenvalue weighted by Gasteiger charge is 2.28. The van der Waals surface area contributed by atoms with Crippen molar-refractivity contribution < 1.29 is 0 Å². The molecule has 1 fully saturated rings. The van der Waals surface area contributed by atoms with Gasteiger partial charge in [0.2, 0.25) is 0 Å². The highest BCUT2D eigenvalue weighted by atomic mass is 35.5. The second-order valence-electron chi connectivity index (χ2n) is 5.22. The lowest BCUT2D eigenvalue weighted by molar-refractivity contribution is 0.253. The second-order valence-corrected chi connectivity index (χ2v) is 5.65. The van der Waals surface area contributed by atoms with Gasteiger partial charge in [0, 0.05) is 23.7 Å². The third-order valence-corrected chi connectivity index (χ3v) is 3.81. The summed E-state index contributed by atoms with van der Waals surface area (Å²) < 4.78 is 0. The Labute approximate surface area is 115 Å². The second kappa shape index (κ2) is 6.55. The Hall–Kier alpha value is -0.570. The van der Waals surface area contributed by atoms with E-state index in [-0.39, 0.29) is 6.04 Å². The minimum Gasteiger partial charge on any atom is -0.324 e. The van der Waals surface area contributed by atoms with Gasteiger partial charge in [-0.25, -0.2) is 0 Å². The standard InChI is InChI=1S/C15H23ClN2/c1-2-9-18(14-6-7-14)10-8-15(17)12-4-3-5-13(16)11-12/h3-5,11,14-15H,2,6-10,17H2,1H3. The molecule has 0 saturated heterocycles. The van der Waals surface area contributed by atoms with Gasteiger partial charge in [-0.15, -0.1) is 0 Å². The summed E-state index contributed by atoms with van der Waals surface area (Å²) in [7, 11) is 0. The van der Waals surface area contributed by atoms with Gasteiger partial charge in [-0.05, 0) is 49.9 Å². The number of halogens is 1. The molecule has 1 atom stereocenters. The average Bonchev–Trinajstić information content (AvgIpc) is 3.18. The highest BCUT2D eigenvalue weighted by Crippen LogP contribution is 2.28. The molecule has 100 valence electrons. The van der Waals surface area contributed by atoms with Crippen LogP contribution in [0.5, 0.6) is 0 Å². The molecule has 0 heterocycles. The summed E-state index contributed by atoms with van der Waals surface area (Å²) in [6.07, 6.45) is 4.97. The Morgan fingerprint density at radius 1 is 1.39 bits per heavy atom. The Morgan fingerprint density at radius 2 is 2.17 bits per heavy atom. The van der Waals surface area contributed by atoms with Crippen LogP contribution in [0.25, 0.3) is 0 Å². The molecule has 2 N–H and O–H groups in total. The van der Waals surface area contributed by atoms with Crippen LogP contribution in [-0.4, -0.2) is 24.0 Å². The van der Waals surface area contributed by atoms with Gasteiger partial charge in [0.05, 0.1) is 0 Å². The van der Waals surface area contributed by atoms with E-state index in [4.69, 9.17) is 17.3 Å². The van der Waals surface area contributed by atoms with Crippen LogP contribution in [-0.2, 0) is 0 Å². The maximum Gasteiger partial charge on any atom is 0.0409 e. The molecule has 1 unspecified atom stereocenters. The number of hydrogen-bond donors (Lipinski definition) is 1. The zero-order valence-corrected chi connectivity index (χ0v) is 11.9. The van der Waals surface area contributed by atoms with Crippen molar-refractivity contribution in [3.63, 3.8) is 0 Å². The van der Waals surface area contributed by atoms with E-state index < -0.39 is 0 Å². The van der Waals surface area contributed by atoms with Crippen molar-refractivity contribution in [1.82, 2.24) is 4.90 Å². The van der Waals surface area contributed by atoms with Gasteiger partial charge < -0.3 is 10.6 Å². The van der Waals surface area contributed by atoms with Crippen molar-refractivity contribution in [2.45, 2.75) is 44.7 Å². The van der Waals surface area contributed by atoms with E-state index in [1.54, 1.807) is 0 Å². The Morgan fingerprint density at radius 3 is 2.78 bits per heavy atom. The Balaban J connectivity index is 1.84. The molecule has 0 radical (unpaired) electrons. The Kier molecular flexibility index (Phi) is 5.04. The number of nitrogens with two attached hydrogens (primary N) is 1. The van der Waals surface area contributed by atoms with E-state index in [9.17, 15) is 0 Å². The maximum atomic E-state index is 6.24. The lowest BCUT2D eigenvalue weighted by atomic mass is 10.0. The zero-order valence-electron chi connectivity index (χ0n) is 11.1. The van der Waals surface area contributed by atoms with E-state index in [2.05, 4.69) is 17.9 Å². The molecule has 2 rings (SSSR count). The summed E-state index contributed by atoms with van der Waals surface area (Å²) in [6.45, 7) is 4.55. The van der Waals surface area contributed by atoms with Crippen LogP contribution >= 0.6 is 11.6 Å². The van der Waals surface area contributed by atoms with Gasteiger partial charge >= 0.3 is 0 Å². The van der Waals surface area contributed by atoms with Crippen LogP contribution < -0.4 is 5.73 Å². The minimum absolute atomic E-state index is 0.0989. The summed E-state index contributed by atoms with van der Waals surface area (Å²) in [5.41, 5.74) is 7.39. The molecule has 0 amide bonds. The van der Waals surface area contributed by atoms with Crippen molar-refractivity contribution in [3.8, 4) is 0 Å². The van der Waals surface area contributed by atoms with Gasteiger partial charge in [-0.3, -0.25) is 0 Å². The molecular weight excluding hydrogens is 244 g/mol. The number of benzene rings is 1. The van der Waals surface area contributed by atoms with Crippen molar-refractivity contribution in [2.75, 3.05) is 13.1 Å². The number of rotatable bonds is 7. The molecule has 18 heavy (non-hydrogen) atoms. The fourth-order valence-corrected chi connectivity index (χ4v) is 2.61. The predicted molar refractivity (Wildman–Crippen MR) is 77.9 cm³/mol. The quantitative estimate of drug-likeness (QED) is 0.817. The monoisotopic (exact) mass is 266 g/mol. The lowest BCUT2D eigenvalue weighted by Gasteiger charge is -2.23. The third-order valence-electron chi connectivity index (χ3n) is 3.58. The molecule has 0 bridgehead atoms. The smallest absolute Gasteiger partial charge is 0.0409 e. The van der Waals surface area contributed by atoms with Crippen molar-refractivity contribution >= 4 is 11.6 Å². The third kappa shape index (κ3) is 3.98. The molecule has 1 aliphatic carbocycles. The molecular formula is C15H23ClN2. The maximum absolute atomic E-state index is 6.24. The van der Waals surface area contributed by atoms with Crippen molar-refractivity contribution in [3.05, 3.63) is 34.9 Å². The molecule has 3 heteroatoms. The zero-order chi connectivity index (χ0) is 13.0. The first kappa shape index (κ1) is 13.9. The molecule has 2 nitrogen and oxygen atoms in total. The SMILES string of the molecule is CCCN(CCC(N)c1cccc(Cl)c1)C1CC1. The van der Waals surface area contributed by atoms with Crippen LogP contribution in [0.2, 0.25) is 5.02 Å². The number of nitrogens with zero attached hydrogens (tertiary/aromatic N) is 1. The van der Waals surface area contributed by atoms with E-state index >= 15 is 0 Å². The molecule has 0 aromatic heterocycles. The minimum atomic E-state index is 0.0989. The van der Waals surface area contributed by atoms with E-state index in [1.807, 2.05) is 18.2 Å². The fourth-order valence-electron chi connectivity index (χ4n) is 2.41. The Bertz CT molecular complexity index is 377. The molecule has 1 saturated carbocycles. The molecule has 1 aromatic rings. The largest absolute Gasteiger partial charge is 0.324 e. The van der Waals surface area contributed by atoms with Crippen LogP contribution in [0.4, 0.5) is 0 Å². The molecule has 1 aliphatic rings. The fraction of sp³-hybridized carbons (Fsp3) is 0.600. The van der Waals surface area contributed by atoms with Crippen LogP contribution in [0.15, 0.2) is 24.3 Å². The first-order valence-electron chi connectivity index (χ1n) is 6.95. The molecule has 1 aromatic carbocycles. The summed E-state index contributed by atoms with van der Waals surface area (Å²) in [6, 6.07) is 8.84. The van der Waals surface area contributed by atoms with E-state index in [1.165, 1.54) is 25.8 Å². The first-order valence-corrected chi connectivity index (χ1v) is 7.33. The predicted octanol–water partition coefficient (Wildman–Crippen LogP) is 3.60. The van der Waals surface area contributed by atoms with Crippen LogP contribution in [0.3, 0.4) is 0 Å². The topological polar surface area (TPSA) is 29.3 Å². The van der Waals surface area contributed by atoms with Crippen molar-refractivity contribution in [2.24, 2.45) is 5.73 Å². The summed E-state index contributed by atoms with van der Waals surface area (Å²) in [4.78, 5) is 2.59. The summed E-state index contributed by atoms with van der Waals surface area (Å²) in [5.74, 6) is 0. The van der Waals surface area contributed by atoms with E-state index in [0.717, 1.165) is 29.6 Å². The summed E-state index contributed by atoms with van der Waals surface area (Å²) >= 11 is 6.00. The van der Waals surface area contributed by atoms with Crippen LogP contribution in [0, 0.1) is 0 Å². The van der Waals surface area contributed by atoms with Crippen LogP contribution in [0.1, 0.15) is 44.2 Å². The van der Waals surface area contributed by atoms with Gasteiger partial charge in [-0.2, -0.15) is 0 Å². The van der Waals surface area contributed by atoms with Gasteiger partial charge in [-0.1, -0.05) is 30.7 Å². The van der Waals surface area contributed by atoms with Gasteiger partial charge in [0.25, 0.3) is 0 Å². The lowest BCUT2D eigenvalue weighted by Crippen LogP contribution is -2.30. The van der Waals surface area contributed by atoms with Crippen molar-refractivity contribution in [1.29, 1.82) is 0 Å². The highest BCUT2D eigenvalue weighted by molar-refractivity contribution is 6.30. The summed E-state index contributed by atoms with van der Waals surface area (Å²) in [5, 5.41) is 0.774. The normalized spacial score (nSPS) is 17.1. The molecule has 0 spiro atoms. The number of hydrogen-bond acceptors (Lipinski definition) is 2. The van der Waals surface area contributed by atoms with Gasteiger partial charge in [0.1, 0.15) is 0 Å². The molecule has 0 aliphatic heterocycles.